The maximum atomic E-state index is 12.2. The van der Waals surface area contributed by atoms with Crippen molar-refractivity contribution in [2.45, 2.75) is 50.7 Å². The molecule has 4 nitrogen and oxygen atoms in total. The molecule has 3 atom stereocenters. The first-order chi connectivity index (χ1) is 10.2. The van der Waals surface area contributed by atoms with Crippen molar-refractivity contribution in [3.8, 4) is 0 Å². The van der Waals surface area contributed by atoms with Gasteiger partial charge in [0.25, 0.3) is 0 Å². The van der Waals surface area contributed by atoms with Crippen LogP contribution in [-0.2, 0) is 16.1 Å². The fourth-order valence-electron chi connectivity index (χ4n) is 3.81. The number of hydrogen-bond donors (Lipinski definition) is 1. The van der Waals surface area contributed by atoms with Crippen LogP contribution < -0.4 is 0 Å². The van der Waals surface area contributed by atoms with Gasteiger partial charge < -0.3 is 5.11 Å². The molecule has 0 radical (unpaired) electrons. The van der Waals surface area contributed by atoms with Gasteiger partial charge in [0, 0.05) is 24.9 Å². The number of hydrogen-bond acceptors (Lipinski definition) is 3. The molecule has 3 rings (SSSR count). The Labute approximate surface area is 124 Å². The first-order valence-electron chi connectivity index (χ1n) is 7.72. The molecular weight excluding hydrogens is 266 g/mol. The monoisotopic (exact) mass is 287 g/mol. The number of likely N-dealkylation sites (tertiary alicyclic amines) is 1. The second-order valence-corrected chi connectivity index (χ2v) is 6.13. The molecular formula is C17H21NO3. The highest BCUT2D eigenvalue weighted by molar-refractivity contribution is 5.84. The topological polar surface area (TPSA) is 57.6 Å². The van der Waals surface area contributed by atoms with Gasteiger partial charge in [-0.2, -0.15) is 0 Å². The van der Waals surface area contributed by atoms with Gasteiger partial charge in [0.1, 0.15) is 11.8 Å². The zero-order valence-electron chi connectivity index (χ0n) is 12.1. The predicted octanol–water partition coefficient (Wildman–Crippen LogP) is 2.47. The standard InChI is InChI=1S/C17H21NO3/c19-16-9-5-4-8-14-13(16)10-15(17(20)21)18(14)11-12-6-2-1-3-7-12/h1-3,6-7,13-15H,4-5,8-11H2,(H,20,21)/t13-,14+,15+/m1/s1. The van der Waals surface area contributed by atoms with Crippen LogP contribution in [0.1, 0.15) is 37.7 Å². The van der Waals surface area contributed by atoms with Crippen LogP contribution in [0.25, 0.3) is 0 Å². The molecule has 1 aliphatic carbocycles. The van der Waals surface area contributed by atoms with E-state index in [1.54, 1.807) is 0 Å². The lowest BCUT2D eigenvalue weighted by molar-refractivity contribution is -0.142. The maximum absolute atomic E-state index is 12.2. The summed E-state index contributed by atoms with van der Waals surface area (Å²) in [7, 11) is 0. The fourth-order valence-corrected chi connectivity index (χ4v) is 3.81. The van der Waals surface area contributed by atoms with Crippen LogP contribution in [-0.4, -0.2) is 33.8 Å². The van der Waals surface area contributed by atoms with E-state index in [0.29, 0.717) is 19.4 Å². The van der Waals surface area contributed by atoms with E-state index in [1.165, 1.54) is 0 Å². The molecule has 1 heterocycles. The van der Waals surface area contributed by atoms with Crippen LogP contribution in [0, 0.1) is 5.92 Å². The number of carbonyl (C=O) groups excluding carboxylic acids is 1. The molecule has 1 saturated heterocycles. The van der Waals surface area contributed by atoms with Gasteiger partial charge in [0.15, 0.2) is 0 Å². The lowest BCUT2D eigenvalue weighted by Crippen LogP contribution is -2.41. The van der Waals surface area contributed by atoms with Crippen LogP contribution in [0.15, 0.2) is 30.3 Å². The number of Topliss-reactive ketones (excluding diaryl/α,β-unsaturated/α-hetero) is 1. The van der Waals surface area contributed by atoms with Crippen molar-refractivity contribution >= 4 is 11.8 Å². The average Bonchev–Trinajstić information content (AvgIpc) is 2.73. The third-order valence-corrected chi connectivity index (χ3v) is 4.85. The molecule has 1 aliphatic heterocycles. The number of aliphatic carboxylic acids is 1. The summed E-state index contributed by atoms with van der Waals surface area (Å²) in [5.41, 5.74) is 1.11. The number of benzene rings is 1. The van der Waals surface area contributed by atoms with Crippen LogP contribution in [0.5, 0.6) is 0 Å². The lowest BCUT2D eigenvalue weighted by Gasteiger charge is -2.29. The van der Waals surface area contributed by atoms with Gasteiger partial charge in [0.05, 0.1) is 0 Å². The summed E-state index contributed by atoms with van der Waals surface area (Å²) < 4.78 is 0. The minimum atomic E-state index is -0.799. The van der Waals surface area contributed by atoms with Crippen molar-refractivity contribution in [2.75, 3.05) is 0 Å². The smallest absolute Gasteiger partial charge is 0.320 e. The summed E-state index contributed by atoms with van der Waals surface area (Å²) in [6, 6.07) is 9.51. The van der Waals surface area contributed by atoms with Crippen molar-refractivity contribution in [2.24, 2.45) is 5.92 Å². The van der Waals surface area contributed by atoms with Gasteiger partial charge in [-0.3, -0.25) is 14.5 Å². The van der Waals surface area contributed by atoms with Gasteiger partial charge >= 0.3 is 5.97 Å². The van der Waals surface area contributed by atoms with Crippen molar-refractivity contribution < 1.29 is 14.7 Å². The molecule has 0 spiro atoms. The molecule has 112 valence electrons. The Morgan fingerprint density at radius 1 is 1.24 bits per heavy atom. The van der Waals surface area contributed by atoms with E-state index in [9.17, 15) is 14.7 Å². The summed E-state index contributed by atoms with van der Waals surface area (Å²) >= 11 is 0. The summed E-state index contributed by atoms with van der Waals surface area (Å²) in [5.74, 6) is -0.622. The van der Waals surface area contributed by atoms with Crippen molar-refractivity contribution in [3.63, 3.8) is 0 Å². The first kappa shape index (κ1) is 14.3. The molecule has 1 saturated carbocycles. The molecule has 1 aromatic carbocycles. The number of carboxylic acids is 1. The minimum absolute atomic E-state index is 0.0858. The van der Waals surface area contributed by atoms with Gasteiger partial charge in [-0.15, -0.1) is 0 Å². The van der Waals surface area contributed by atoms with Gasteiger partial charge in [-0.25, -0.2) is 0 Å². The normalized spacial score (nSPS) is 29.9. The third-order valence-electron chi connectivity index (χ3n) is 4.85. The first-order valence-corrected chi connectivity index (χ1v) is 7.72. The van der Waals surface area contributed by atoms with E-state index in [0.717, 1.165) is 24.8 Å². The Balaban J connectivity index is 1.86. The number of carbonyl (C=O) groups is 2. The number of carboxylic acid groups (broad SMARTS) is 1. The van der Waals surface area contributed by atoms with E-state index < -0.39 is 12.0 Å². The maximum Gasteiger partial charge on any atom is 0.320 e. The van der Waals surface area contributed by atoms with Gasteiger partial charge in [-0.1, -0.05) is 36.8 Å². The molecule has 2 fully saturated rings. The highest BCUT2D eigenvalue weighted by Gasteiger charge is 2.47. The van der Waals surface area contributed by atoms with Crippen molar-refractivity contribution in [1.29, 1.82) is 0 Å². The van der Waals surface area contributed by atoms with Gasteiger partial charge in [0.2, 0.25) is 0 Å². The van der Waals surface area contributed by atoms with Crippen LogP contribution in [0.4, 0.5) is 0 Å². The predicted molar refractivity (Wildman–Crippen MR) is 78.8 cm³/mol. The van der Waals surface area contributed by atoms with Crippen molar-refractivity contribution in [3.05, 3.63) is 35.9 Å². The molecule has 1 N–H and O–H groups in total. The van der Waals surface area contributed by atoms with Crippen LogP contribution in [0.3, 0.4) is 0 Å². The quantitative estimate of drug-likeness (QED) is 0.928. The average molecular weight is 287 g/mol. The van der Waals surface area contributed by atoms with E-state index in [-0.39, 0.29) is 17.7 Å². The highest BCUT2D eigenvalue weighted by atomic mass is 16.4. The Bertz CT molecular complexity index is 528. The number of fused-ring (bicyclic) bond motifs is 1. The summed E-state index contributed by atoms with van der Waals surface area (Å²) in [6.07, 6.45) is 4.00. The molecule has 0 unspecified atom stereocenters. The number of rotatable bonds is 3. The summed E-state index contributed by atoms with van der Waals surface area (Å²) in [6.45, 7) is 0.617. The number of ketones is 1. The van der Waals surface area contributed by atoms with E-state index >= 15 is 0 Å². The lowest BCUT2D eigenvalue weighted by atomic mass is 9.93. The number of nitrogens with zero attached hydrogens (tertiary/aromatic N) is 1. The zero-order chi connectivity index (χ0) is 14.8. The Morgan fingerprint density at radius 2 is 2.00 bits per heavy atom. The molecule has 4 heteroatoms. The summed E-state index contributed by atoms with van der Waals surface area (Å²) in [4.78, 5) is 25.9. The molecule has 0 amide bonds. The second-order valence-electron chi connectivity index (χ2n) is 6.13. The fraction of sp³-hybridized carbons (Fsp3) is 0.529. The molecule has 1 aromatic rings. The molecule has 0 aromatic heterocycles. The Morgan fingerprint density at radius 3 is 2.71 bits per heavy atom. The Hall–Kier alpha value is -1.68. The van der Waals surface area contributed by atoms with E-state index in [1.807, 2.05) is 35.2 Å². The van der Waals surface area contributed by atoms with E-state index in [4.69, 9.17) is 0 Å². The zero-order valence-corrected chi connectivity index (χ0v) is 12.1. The van der Waals surface area contributed by atoms with Crippen molar-refractivity contribution in [1.82, 2.24) is 4.90 Å². The van der Waals surface area contributed by atoms with Gasteiger partial charge in [-0.05, 0) is 24.8 Å². The molecule has 2 aliphatic rings. The van der Waals surface area contributed by atoms with Crippen LogP contribution in [0.2, 0.25) is 0 Å². The second kappa shape index (κ2) is 5.98. The Kier molecular flexibility index (Phi) is 4.06. The minimum Gasteiger partial charge on any atom is -0.480 e. The largest absolute Gasteiger partial charge is 0.480 e. The highest BCUT2D eigenvalue weighted by Crippen LogP contribution is 2.38. The molecule has 0 bridgehead atoms. The van der Waals surface area contributed by atoms with Crippen LogP contribution >= 0.6 is 0 Å². The third kappa shape index (κ3) is 2.86. The molecule has 21 heavy (non-hydrogen) atoms. The van der Waals surface area contributed by atoms with E-state index in [2.05, 4.69) is 0 Å². The summed E-state index contributed by atoms with van der Waals surface area (Å²) in [5, 5.41) is 9.51. The SMILES string of the molecule is O=C1CCCC[C@H]2[C@H]1C[C@@H](C(=O)O)N2Cc1ccccc1.